The molecule has 1 aromatic rings. The lowest BCUT2D eigenvalue weighted by atomic mass is 9.96. The Balaban J connectivity index is 1.67. The number of aryl methyl sites for hydroxylation is 2. The molecule has 0 spiro atoms. The monoisotopic (exact) mass is 288 g/mol. The zero-order valence-electron chi connectivity index (χ0n) is 12.8. The van der Waals surface area contributed by atoms with Gasteiger partial charge in [0.1, 0.15) is 17.4 Å². The average molecular weight is 288 g/mol. The minimum atomic E-state index is -0.564. The number of benzene rings is 1. The highest BCUT2D eigenvalue weighted by Crippen LogP contribution is 2.36. The van der Waals surface area contributed by atoms with Gasteiger partial charge in [0, 0.05) is 12.5 Å². The van der Waals surface area contributed by atoms with Crippen LogP contribution < -0.4 is 15.8 Å². The van der Waals surface area contributed by atoms with Crippen molar-refractivity contribution in [3.63, 3.8) is 0 Å². The van der Waals surface area contributed by atoms with E-state index in [2.05, 4.69) is 31.3 Å². The van der Waals surface area contributed by atoms with Crippen LogP contribution in [0.4, 0.5) is 0 Å². The minimum Gasteiger partial charge on any atom is -0.490 e. The third kappa shape index (κ3) is 3.05. The Hall–Kier alpha value is -1.55. The van der Waals surface area contributed by atoms with Gasteiger partial charge >= 0.3 is 0 Å². The smallest absolute Gasteiger partial charge is 0.237 e. The first kappa shape index (κ1) is 14.4. The molecule has 3 rings (SSSR count). The van der Waals surface area contributed by atoms with E-state index in [-0.39, 0.29) is 12.0 Å². The van der Waals surface area contributed by atoms with E-state index in [1.165, 1.54) is 11.1 Å². The molecule has 1 amide bonds. The summed E-state index contributed by atoms with van der Waals surface area (Å²) in [5, 5.41) is 3.45. The summed E-state index contributed by atoms with van der Waals surface area (Å²) in [5.41, 5.74) is 7.57. The van der Waals surface area contributed by atoms with Crippen LogP contribution in [0.3, 0.4) is 0 Å². The van der Waals surface area contributed by atoms with Crippen LogP contribution in [-0.2, 0) is 4.79 Å². The fraction of sp³-hybridized carbons (Fsp3) is 0.588. The Kier molecular flexibility index (Phi) is 3.66. The number of ether oxygens (including phenoxy) is 1. The second kappa shape index (κ2) is 5.34. The molecular formula is C17H24N2O2. The molecule has 21 heavy (non-hydrogen) atoms. The number of nitrogens with two attached hydrogens (primary N) is 1. The third-order valence-corrected chi connectivity index (χ3v) is 4.78. The molecule has 0 heterocycles. The van der Waals surface area contributed by atoms with Gasteiger partial charge in [0.05, 0.1) is 0 Å². The molecule has 2 unspecified atom stereocenters. The number of nitrogens with one attached hydrogen (secondary N) is 1. The first-order valence-electron chi connectivity index (χ1n) is 7.80. The van der Waals surface area contributed by atoms with E-state index in [4.69, 9.17) is 10.5 Å². The van der Waals surface area contributed by atoms with Crippen LogP contribution in [0.25, 0.3) is 0 Å². The van der Waals surface area contributed by atoms with Gasteiger partial charge in [-0.15, -0.1) is 0 Å². The molecular weight excluding hydrogens is 264 g/mol. The topological polar surface area (TPSA) is 64.3 Å². The predicted octanol–water partition coefficient (Wildman–Crippen LogP) is 2.21. The lowest BCUT2D eigenvalue weighted by Crippen LogP contribution is -2.55. The summed E-state index contributed by atoms with van der Waals surface area (Å²) < 4.78 is 6.07. The molecule has 0 aliphatic heterocycles. The van der Waals surface area contributed by atoms with Crippen molar-refractivity contribution in [3.05, 3.63) is 29.3 Å². The Morgan fingerprint density at radius 3 is 2.67 bits per heavy atom. The fourth-order valence-electron chi connectivity index (χ4n) is 3.12. The largest absolute Gasteiger partial charge is 0.490 e. The number of primary amides is 1. The van der Waals surface area contributed by atoms with Crippen LogP contribution in [0.1, 0.15) is 43.2 Å². The van der Waals surface area contributed by atoms with E-state index < -0.39 is 5.54 Å². The first-order chi connectivity index (χ1) is 9.98. The van der Waals surface area contributed by atoms with E-state index in [9.17, 15) is 4.79 Å². The molecule has 2 fully saturated rings. The van der Waals surface area contributed by atoms with Gasteiger partial charge in [0.15, 0.2) is 0 Å². The van der Waals surface area contributed by atoms with Crippen LogP contribution in [0.5, 0.6) is 5.75 Å². The number of amides is 1. The highest BCUT2D eigenvalue weighted by Gasteiger charge is 2.47. The first-order valence-corrected chi connectivity index (χ1v) is 7.80. The molecule has 4 heteroatoms. The van der Waals surface area contributed by atoms with Gasteiger partial charge < -0.3 is 15.8 Å². The van der Waals surface area contributed by atoms with Crippen LogP contribution >= 0.6 is 0 Å². The van der Waals surface area contributed by atoms with Crippen LogP contribution in [0, 0.1) is 13.8 Å². The van der Waals surface area contributed by atoms with Crippen LogP contribution in [-0.4, -0.2) is 23.6 Å². The molecule has 2 atom stereocenters. The average Bonchev–Trinajstić information content (AvgIpc) is 3.14. The molecule has 1 aromatic carbocycles. The molecule has 2 aliphatic rings. The summed E-state index contributed by atoms with van der Waals surface area (Å²) in [6.07, 6.45) is 4.68. The van der Waals surface area contributed by atoms with Crippen molar-refractivity contribution in [2.45, 2.75) is 63.6 Å². The van der Waals surface area contributed by atoms with Crippen molar-refractivity contribution in [3.8, 4) is 5.75 Å². The highest BCUT2D eigenvalue weighted by atomic mass is 16.5. The second-order valence-electron chi connectivity index (χ2n) is 6.59. The maximum absolute atomic E-state index is 11.9. The Morgan fingerprint density at radius 1 is 1.29 bits per heavy atom. The van der Waals surface area contributed by atoms with E-state index in [0.29, 0.717) is 12.5 Å². The van der Waals surface area contributed by atoms with Crippen molar-refractivity contribution in [2.75, 3.05) is 0 Å². The molecule has 2 aliphatic carbocycles. The summed E-state index contributed by atoms with van der Waals surface area (Å²) >= 11 is 0. The summed E-state index contributed by atoms with van der Waals surface area (Å²) in [4.78, 5) is 11.9. The van der Waals surface area contributed by atoms with E-state index in [0.717, 1.165) is 31.4 Å². The van der Waals surface area contributed by atoms with Crippen LogP contribution in [0.2, 0.25) is 0 Å². The summed E-state index contributed by atoms with van der Waals surface area (Å²) in [6.45, 7) is 4.17. The molecule has 0 radical (unpaired) electrons. The van der Waals surface area contributed by atoms with Crippen molar-refractivity contribution in [1.82, 2.24) is 5.32 Å². The van der Waals surface area contributed by atoms with Crippen molar-refractivity contribution in [2.24, 2.45) is 5.73 Å². The molecule has 0 bridgehead atoms. The molecule has 114 valence electrons. The summed E-state index contributed by atoms with van der Waals surface area (Å²) in [7, 11) is 0. The second-order valence-corrected chi connectivity index (χ2v) is 6.59. The van der Waals surface area contributed by atoms with Gasteiger partial charge in [-0.1, -0.05) is 6.07 Å². The van der Waals surface area contributed by atoms with Gasteiger partial charge in [-0.05, 0) is 62.8 Å². The van der Waals surface area contributed by atoms with E-state index >= 15 is 0 Å². The van der Waals surface area contributed by atoms with E-state index in [1.807, 2.05) is 6.07 Å². The number of carbonyl (C=O) groups excluding carboxylic acids is 1. The number of hydrogen-bond acceptors (Lipinski definition) is 3. The lowest BCUT2D eigenvalue weighted by Gasteiger charge is -2.27. The molecule has 4 nitrogen and oxygen atoms in total. The molecule has 3 N–H and O–H groups in total. The maximum Gasteiger partial charge on any atom is 0.237 e. The Bertz CT molecular complexity index is 554. The Morgan fingerprint density at radius 2 is 2.05 bits per heavy atom. The number of hydrogen-bond donors (Lipinski definition) is 2. The van der Waals surface area contributed by atoms with Crippen molar-refractivity contribution in [1.29, 1.82) is 0 Å². The normalized spacial score (nSPS) is 28.6. The lowest BCUT2D eigenvalue weighted by molar-refractivity contribution is -0.124. The molecule has 0 saturated heterocycles. The van der Waals surface area contributed by atoms with Crippen molar-refractivity contribution < 1.29 is 9.53 Å². The Labute approximate surface area is 126 Å². The standard InChI is InChI=1S/C17H24N2O2/c1-11-3-6-14(9-12(11)2)21-15-7-8-17(10-15,16(18)20)19-13-4-5-13/h3,6,9,13,15,19H,4-5,7-8,10H2,1-2H3,(H2,18,20). The van der Waals surface area contributed by atoms with Crippen LogP contribution in [0.15, 0.2) is 18.2 Å². The van der Waals surface area contributed by atoms with Gasteiger partial charge in [-0.2, -0.15) is 0 Å². The van der Waals surface area contributed by atoms with Gasteiger partial charge in [-0.3, -0.25) is 4.79 Å². The number of rotatable bonds is 5. The van der Waals surface area contributed by atoms with Gasteiger partial charge in [0.25, 0.3) is 0 Å². The number of carbonyl (C=O) groups is 1. The SMILES string of the molecule is Cc1ccc(OC2CCC(NC3CC3)(C(N)=O)C2)cc1C. The minimum absolute atomic E-state index is 0.0610. The maximum atomic E-state index is 11.9. The quantitative estimate of drug-likeness (QED) is 0.873. The molecule has 2 saturated carbocycles. The van der Waals surface area contributed by atoms with E-state index in [1.54, 1.807) is 0 Å². The zero-order chi connectivity index (χ0) is 15.0. The van der Waals surface area contributed by atoms with Gasteiger partial charge in [-0.25, -0.2) is 0 Å². The molecule has 0 aromatic heterocycles. The van der Waals surface area contributed by atoms with Crippen molar-refractivity contribution >= 4 is 5.91 Å². The third-order valence-electron chi connectivity index (χ3n) is 4.78. The van der Waals surface area contributed by atoms with Gasteiger partial charge in [0.2, 0.25) is 5.91 Å². The fourth-order valence-corrected chi connectivity index (χ4v) is 3.12. The highest BCUT2D eigenvalue weighted by molar-refractivity contribution is 5.85. The summed E-state index contributed by atoms with van der Waals surface area (Å²) in [6, 6.07) is 6.61. The zero-order valence-corrected chi connectivity index (χ0v) is 12.8. The predicted molar refractivity (Wildman–Crippen MR) is 82.3 cm³/mol. The summed E-state index contributed by atoms with van der Waals surface area (Å²) in [5.74, 6) is 0.648.